The molecule has 118 valence electrons. The molecule has 0 aromatic rings. The molecule has 21 heavy (non-hydrogen) atoms. The number of aliphatic imine (C=N–C) groups is 1. The summed E-state index contributed by atoms with van der Waals surface area (Å²) in [6.07, 6.45) is 10.7. The highest BCUT2D eigenvalue weighted by Crippen LogP contribution is 2.47. The highest BCUT2D eigenvalue weighted by molar-refractivity contribution is 5.80. The predicted molar refractivity (Wildman–Crippen MR) is 84.4 cm³/mol. The molecule has 0 aromatic carbocycles. The Labute approximate surface area is 128 Å². The second kappa shape index (κ2) is 5.79. The molecule has 1 saturated carbocycles. The quantitative estimate of drug-likeness (QED) is 0.626. The molecule has 3 saturated heterocycles. The van der Waals surface area contributed by atoms with E-state index in [1.165, 1.54) is 44.9 Å². The third-order valence-electron chi connectivity index (χ3n) is 6.24. The van der Waals surface area contributed by atoms with E-state index in [1.807, 2.05) is 7.05 Å². The van der Waals surface area contributed by atoms with Gasteiger partial charge in [-0.05, 0) is 31.6 Å². The van der Waals surface area contributed by atoms with Crippen molar-refractivity contribution >= 4 is 5.96 Å². The van der Waals surface area contributed by atoms with E-state index in [-0.39, 0.29) is 0 Å². The van der Waals surface area contributed by atoms with Crippen molar-refractivity contribution in [2.75, 3.05) is 26.7 Å². The van der Waals surface area contributed by atoms with Crippen molar-refractivity contribution in [3.8, 4) is 0 Å². The standard InChI is InChI=1S/C17H29N3O/c1-18-17(19-9-12-5-3-2-4-6-12)20-10-13-14(11-20)16-8-7-15(13)21-16/h12-16H,2-11H2,1H3,(H,18,19). The second-order valence-corrected chi connectivity index (χ2v) is 7.46. The number of likely N-dealkylation sites (tertiary alicyclic amines) is 1. The minimum absolute atomic E-state index is 0.543. The van der Waals surface area contributed by atoms with Crippen LogP contribution < -0.4 is 5.32 Å². The topological polar surface area (TPSA) is 36.9 Å². The van der Waals surface area contributed by atoms with Gasteiger partial charge in [-0.2, -0.15) is 0 Å². The van der Waals surface area contributed by atoms with E-state index in [0.29, 0.717) is 12.2 Å². The maximum atomic E-state index is 6.07. The predicted octanol–water partition coefficient (Wildman–Crippen LogP) is 2.25. The lowest BCUT2D eigenvalue weighted by Gasteiger charge is -2.27. The molecule has 0 spiro atoms. The van der Waals surface area contributed by atoms with Crippen LogP contribution in [0.15, 0.2) is 4.99 Å². The smallest absolute Gasteiger partial charge is 0.193 e. The van der Waals surface area contributed by atoms with Crippen molar-refractivity contribution in [3.63, 3.8) is 0 Å². The minimum atomic E-state index is 0.543. The van der Waals surface area contributed by atoms with Crippen molar-refractivity contribution in [3.05, 3.63) is 0 Å². The first-order valence-electron chi connectivity index (χ1n) is 8.96. The first-order valence-corrected chi connectivity index (χ1v) is 8.96. The largest absolute Gasteiger partial charge is 0.374 e. The van der Waals surface area contributed by atoms with Gasteiger partial charge < -0.3 is 15.0 Å². The van der Waals surface area contributed by atoms with Crippen molar-refractivity contribution < 1.29 is 4.74 Å². The first kappa shape index (κ1) is 13.9. The zero-order valence-corrected chi connectivity index (χ0v) is 13.3. The Balaban J connectivity index is 1.32. The van der Waals surface area contributed by atoms with Crippen LogP contribution in [0, 0.1) is 17.8 Å². The number of fused-ring (bicyclic) bond motifs is 5. The molecule has 4 unspecified atom stereocenters. The third kappa shape index (κ3) is 2.56. The highest BCUT2D eigenvalue weighted by Gasteiger charge is 2.53. The van der Waals surface area contributed by atoms with Crippen molar-refractivity contribution in [1.29, 1.82) is 0 Å². The maximum Gasteiger partial charge on any atom is 0.193 e. The molecule has 4 aliphatic rings. The lowest BCUT2D eigenvalue weighted by Crippen LogP contribution is -2.43. The van der Waals surface area contributed by atoms with Crippen molar-refractivity contribution in [2.45, 2.75) is 57.2 Å². The van der Waals surface area contributed by atoms with Gasteiger partial charge in [-0.15, -0.1) is 0 Å². The summed E-state index contributed by atoms with van der Waals surface area (Å²) in [5.74, 6) is 3.51. The minimum Gasteiger partial charge on any atom is -0.374 e. The molecule has 4 rings (SSSR count). The van der Waals surface area contributed by atoms with Crippen molar-refractivity contribution in [2.24, 2.45) is 22.7 Å². The molecule has 4 atom stereocenters. The van der Waals surface area contributed by atoms with Crippen LogP contribution in [0.1, 0.15) is 44.9 Å². The van der Waals surface area contributed by atoms with E-state index in [1.54, 1.807) is 0 Å². The van der Waals surface area contributed by atoms with Crippen LogP contribution in [0.3, 0.4) is 0 Å². The zero-order chi connectivity index (χ0) is 14.2. The molecule has 0 amide bonds. The fraction of sp³-hybridized carbons (Fsp3) is 0.941. The molecule has 1 aliphatic carbocycles. The Hall–Kier alpha value is -0.770. The van der Waals surface area contributed by atoms with Crippen LogP contribution in [0.4, 0.5) is 0 Å². The van der Waals surface area contributed by atoms with Crippen LogP contribution in [-0.4, -0.2) is 49.7 Å². The lowest BCUT2D eigenvalue weighted by atomic mass is 9.82. The average molecular weight is 291 g/mol. The molecule has 1 N–H and O–H groups in total. The van der Waals surface area contributed by atoms with E-state index >= 15 is 0 Å². The Morgan fingerprint density at radius 2 is 1.71 bits per heavy atom. The summed E-state index contributed by atoms with van der Waals surface area (Å²) in [4.78, 5) is 7.03. The summed E-state index contributed by atoms with van der Waals surface area (Å²) in [5, 5.41) is 3.66. The molecule has 3 aliphatic heterocycles. The molecule has 4 fully saturated rings. The van der Waals surface area contributed by atoms with Gasteiger partial charge in [0.1, 0.15) is 0 Å². The van der Waals surface area contributed by atoms with Crippen LogP contribution in [-0.2, 0) is 4.74 Å². The third-order valence-corrected chi connectivity index (χ3v) is 6.24. The molecular weight excluding hydrogens is 262 g/mol. The van der Waals surface area contributed by atoms with Crippen LogP contribution >= 0.6 is 0 Å². The van der Waals surface area contributed by atoms with Crippen molar-refractivity contribution in [1.82, 2.24) is 10.2 Å². The average Bonchev–Trinajstić information content (AvgIpc) is 3.21. The lowest BCUT2D eigenvalue weighted by molar-refractivity contribution is 0.0767. The van der Waals surface area contributed by atoms with Gasteiger partial charge in [-0.25, -0.2) is 0 Å². The molecule has 3 heterocycles. The van der Waals surface area contributed by atoms with Gasteiger partial charge in [-0.1, -0.05) is 19.3 Å². The van der Waals surface area contributed by atoms with E-state index in [9.17, 15) is 0 Å². The maximum absolute atomic E-state index is 6.07. The molecular formula is C17H29N3O. The second-order valence-electron chi connectivity index (χ2n) is 7.46. The fourth-order valence-electron chi connectivity index (χ4n) is 5.09. The summed E-state index contributed by atoms with van der Waals surface area (Å²) in [7, 11) is 1.93. The summed E-state index contributed by atoms with van der Waals surface area (Å²) >= 11 is 0. The van der Waals surface area contributed by atoms with Gasteiger partial charge in [0.05, 0.1) is 12.2 Å². The molecule has 2 bridgehead atoms. The Morgan fingerprint density at radius 1 is 1.05 bits per heavy atom. The van der Waals surface area contributed by atoms with Crippen LogP contribution in [0.2, 0.25) is 0 Å². The molecule has 0 radical (unpaired) electrons. The van der Waals surface area contributed by atoms with Gasteiger partial charge in [0.25, 0.3) is 0 Å². The van der Waals surface area contributed by atoms with Gasteiger partial charge in [0, 0.05) is 38.5 Å². The molecule has 0 aromatic heterocycles. The number of nitrogens with zero attached hydrogens (tertiary/aromatic N) is 2. The number of rotatable bonds is 2. The van der Waals surface area contributed by atoms with Gasteiger partial charge in [-0.3, -0.25) is 4.99 Å². The summed E-state index contributed by atoms with van der Waals surface area (Å²) in [5.41, 5.74) is 0. The van der Waals surface area contributed by atoms with Crippen LogP contribution in [0.5, 0.6) is 0 Å². The number of guanidine groups is 1. The summed E-state index contributed by atoms with van der Waals surface area (Å²) in [6.45, 7) is 3.41. The number of hydrogen-bond donors (Lipinski definition) is 1. The highest BCUT2D eigenvalue weighted by atomic mass is 16.5. The Kier molecular flexibility index (Phi) is 3.82. The monoisotopic (exact) mass is 291 g/mol. The number of hydrogen-bond acceptors (Lipinski definition) is 2. The SMILES string of the molecule is CN=C(NCC1CCCCC1)N1CC2C3CCC(O3)C2C1. The Morgan fingerprint density at radius 3 is 2.33 bits per heavy atom. The van der Waals surface area contributed by atoms with E-state index in [0.717, 1.165) is 43.3 Å². The zero-order valence-electron chi connectivity index (χ0n) is 13.3. The van der Waals surface area contributed by atoms with Crippen LogP contribution in [0.25, 0.3) is 0 Å². The summed E-state index contributed by atoms with van der Waals surface area (Å²) < 4.78 is 6.07. The van der Waals surface area contributed by atoms with Gasteiger partial charge in [0.15, 0.2) is 5.96 Å². The van der Waals surface area contributed by atoms with Gasteiger partial charge in [0.2, 0.25) is 0 Å². The number of nitrogens with one attached hydrogen (secondary N) is 1. The molecule has 4 nitrogen and oxygen atoms in total. The normalized spacial score (nSPS) is 39.9. The number of ether oxygens (including phenoxy) is 1. The summed E-state index contributed by atoms with van der Waals surface area (Å²) in [6, 6.07) is 0. The first-order chi connectivity index (χ1) is 10.3. The fourth-order valence-corrected chi connectivity index (χ4v) is 5.09. The van der Waals surface area contributed by atoms with Gasteiger partial charge >= 0.3 is 0 Å². The van der Waals surface area contributed by atoms with E-state index < -0.39 is 0 Å². The van der Waals surface area contributed by atoms with E-state index in [4.69, 9.17) is 4.74 Å². The molecule has 4 heteroatoms. The van der Waals surface area contributed by atoms with E-state index in [2.05, 4.69) is 15.2 Å². The Bertz CT molecular complexity index is 387.